The fourth-order valence-electron chi connectivity index (χ4n) is 7.26. The number of nitrogens with zero attached hydrogens (tertiary/aromatic N) is 3. The van der Waals surface area contributed by atoms with Crippen molar-refractivity contribution in [1.29, 1.82) is 0 Å². The van der Waals surface area contributed by atoms with Crippen LogP contribution in [-0.2, 0) is 10.3 Å². The molecule has 0 saturated heterocycles. The first-order chi connectivity index (χ1) is 20.5. The molecule has 1 amide bonds. The van der Waals surface area contributed by atoms with Crippen molar-refractivity contribution in [3.63, 3.8) is 0 Å². The number of allylic oxidation sites excluding steroid dienone is 1. The van der Waals surface area contributed by atoms with E-state index in [9.17, 15) is 4.79 Å². The first kappa shape index (κ1) is 31.7. The number of carbonyl (C=O) groups is 1. The molecular formula is C35H42Cl2IN3OS. The number of halogens is 3. The van der Waals surface area contributed by atoms with Crippen LogP contribution in [0.4, 0.5) is 0 Å². The van der Waals surface area contributed by atoms with Crippen molar-refractivity contribution in [1.82, 2.24) is 9.80 Å². The molecule has 2 aliphatic carbocycles. The van der Waals surface area contributed by atoms with E-state index in [0.717, 1.165) is 55.5 Å². The van der Waals surface area contributed by atoms with Crippen LogP contribution in [0.3, 0.4) is 0 Å². The number of hydrogen-bond donors (Lipinski definition) is 0. The molecule has 0 spiro atoms. The Morgan fingerprint density at radius 3 is 2.21 bits per heavy atom. The minimum absolute atomic E-state index is 0.121. The van der Waals surface area contributed by atoms with Crippen LogP contribution in [0, 0.1) is 17.8 Å². The summed E-state index contributed by atoms with van der Waals surface area (Å²) in [5.41, 5.74) is 2.72. The quantitative estimate of drug-likeness (QED) is 0.179. The molecule has 0 bridgehead atoms. The van der Waals surface area contributed by atoms with Gasteiger partial charge in [-0.1, -0.05) is 83.9 Å². The number of hydrogen-bond acceptors (Lipinski definition) is 4. The molecule has 230 valence electrons. The summed E-state index contributed by atoms with van der Waals surface area (Å²) in [6, 6.07) is 16.5. The lowest BCUT2D eigenvalue weighted by Crippen LogP contribution is -2.51. The zero-order valence-electron chi connectivity index (χ0n) is 25.7. The molecule has 2 aromatic rings. The van der Waals surface area contributed by atoms with E-state index in [1.165, 1.54) is 25.7 Å². The largest absolute Gasteiger partial charge is 0.333 e. The van der Waals surface area contributed by atoms with Crippen LogP contribution in [0.25, 0.3) is 0 Å². The van der Waals surface area contributed by atoms with Gasteiger partial charge in [-0.3, -0.25) is 4.79 Å². The second kappa shape index (κ2) is 12.5. The zero-order chi connectivity index (χ0) is 30.6. The molecule has 4 aliphatic rings. The van der Waals surface area contributed by atoms with Gasteiger partial charge < -0.3 is 9.80 Å². The zero-order valence-corrected chi connectivity index (χ0v) is 30.2. The number of benzene rings is 2. The van der Waals surface area contributed by atoms with Gasteiger partial charge in [0, 0.05) is 31.8 Å². The highest BCUT2D eigenvalue weighted by Crippen LogP contribution is 2.56. The first-order valence-corrected chi connectivity index (χ1v) is 18.6. The Balaban J connectivity index is 1.30. The van der Waals surface area contributed by atoms with Crippen molar-refractivity contribution in [2.75, 3.05) is 0 Å². The maximum atomic E-state index is 14.5. The Labute approximate surface area is 285 Å². The smallest absolute Gasteiger partial charge is 0.263 e. The van der Waals surface area contributed by atoms with E-state index < -0.39 is 5.54 Å². The predicted octanol–water partition coefficient (Wildman–Crippen LogP) is 10.2. The lowest BCUT2D eigenvalue weighted by Gasteiger charge is -2.45. The van der Waals surface area contributed by atoms with Crippen molar-refractivity contribution in [3.05, 3.63) is 80.3 Å². The van der Waals surface area contributed by atoms with Crippen LogP contribution in [-0.4, -0.2) is 36.9 Å². The fourth-order valence-corrected chi connectivity index (χ4v) is 9.94. The average Bonchev–Trinajstić information content (AvgIpc) is 3.67. The van der Waals surface area contributed by atoms with Gasteiger partial charge in [-0.15, -0.1) is 0 Å². The van der Waals surface area contributed by atoms with Crippen molar-refractivity contribution in [3.8, 4) is 0 Å². The van der Waals surface area contributed by atoms with E-state index in [4.69, 9.17) is 28.2 Å². The monoisotopic (exact) mass is 749 g/mol. The van der Waals surface area contributed by atoms with E-state index in [2.05, 4.69) is 91.3 Å². The molecule has 2 saturated carbocycles. The summed E-state index contributed by atoms with van der Waals surface area (Å²) in [6.45, 7) is 10.9. The summed E-state index contributed by atoms with van der Waals surface area (Å²) in [5, 5.41) is 2.30. The highest BCUT2D eigenvalue weighted by molar-refractivity contribution is 14.1. The third-order valence-electron chi connectivity index (χ3n) is 9.74. The number of rotatable bonds is 10. The lowest BCUT2D eigenvalue weighted by atomic mass is 9.76. The SMILES string of the molecule is CC(C)C1=C(C(=O)N(C(C)C)C2CC(CCC(I)C3CC3)C2)SC2=N[C@@](C)(c3ccc(Cl)cc3)[C@@H](c3ccc(Cl)cc3)N21. The van der Waals surface area contributed by atoms with Crippen molar-refractivity contribution in [2.45, 2.75) is 101 Å². The lowest BCUT2D eigenvalue weighted by molar-refractivity contribution is -0.134. The minimum atomic E-state index is -0.564. The molecule has 6 rings (SSSR count). The molecule has 3 atom stereocenters. The molecule has 2 fully saturated rings. The predicted molar refractivity (Wildman–Crippen MR) is 190 cm³/mol. The standard InChI is InChI=1S/C35H42Cl2IN3OS/c1-20(2)30-31(33(42)40(21(3)4)28-18-22(19-28)6-17-29(38)23-7-8-23)43-34-39-35(5,25-11-15-27(37)16-12-25)32(41(30)34)24-9-13-26(36)14-10-24/h9-16,20-23,28-29,32H,6-8,17-19H2,1-5H3/t22?,28?,29?,32-,35+/m1/s1. The summed E-state index contributed by atoms with van der Waals surface area (Å²) >= 11 is 16.8. The van der Waals surface area contributed by atoms with Crippen LogP contribution >= 0.6 is 57.6 Å². The second-order valence-electron chi connectivity index (χ2n) is 13.6. The highest BCUT2D eigenvalue weighted by Gasteiger charge is 2.54. The first-order valence-electron chi connectivity index (χ1n) is 15.8. The van der Waals surface area contributed by atoms with Gasteiger partial charge >= 0.3 is 0 Å². The van der Waals surface area contributed by atoms with E-state index in [1.54, 1.807) is 11.8 Å². The molecule has 0 N–H and O–H groups in total. The number of amides is 1. The summed E-state index contributed by atoms with van der Waals surface area (Å²) in [5.74, 6) is 2.01. The van der Waals surface area contributed by atoms with Crippen LogP contribution in [0.5, 0.6) is 0 Å². The number of fused-ring (bicyclic) bond motifs is 1. The molecule has 43 heavy (non-hydrogen) atoms. The highest BCUT2D eigenvalue weighted by atomic mass is 127. The van der Waals surface area contributed by atoms with E-state index in [-0.39, 0.29) is 23.9 Å². The van der Waals surface area contributed by atoms with Gasteiger partial charge in [0.15, 0.2) is 5.17 Å². The molecule has 2 aliphatic heterocycles. The Hall–Kier alpha value is -1.22. The van der Waals surface area contributed by atoms with Crippen molar-refractivity contribution >= 4 is 68.6 Å². The Kier molecular flexibility index (Phi) is 9.25. The number of aliphatic imine (C=N–C) groups is 1. The van der Waals surface area contributed by atoms with E-state index in [0.29, 0.717) is 16.1 Å². The Bertz CT molecular complexity index is 1420. The summed E-state index contributed by atoms with van der Waals surface area (Å²) in [4.78, 5) is 25.3. The number of alkyl halides is 1. The molecule has 2 heterocycles. The molecule has 1 unspecified atom stereocenters. The second-order valence-corrected chi connectivity index (χ2v) is 17.0. The Morgan fingerprint density at radius 2 is 1.65 bits per heavy atom. The molecule has 0 aromatic heterocycles. The molecule has 8 heteroatoms. The van der Waals surface area contributed by atoms with Gasteiger partial charge in [0.25, 0.3) is 5.91 Å². The molecule has 0 radical (unpaired) electrons. The maximum absolute atomic E-state index is 14.5. The molecule has 2 aromatic carbocycles. The van der Waals surface area contributed by atoms with Gasteiger partial charge in [-0.05, 0) is 124 Å². The van der Waals surface area contributed by atoms with Crippen molar-refractivity contribution in [2.24, 2.45) is 22.7 Å². The van der Waals surface area contributed by atoms with Gasteiger partial charge in [0.05, 0.1) is 6.04 Å². The minimum Gasteiger partial charge on any atom is -0.333 e. The fraction of sp³-hybridized carbons (Fsp3) is 0.543. The van der Waals surface area contributed by atoms with Crippen LogP contribution in [0.2, 0.25) is 10.0 Å². The van der Waals surface area contributed by atoms with E-state index >= 15 is 0 Å². The van der Waals surface area contributed by atoms with Gasteiger partial charge in [0.2, 0.25) is 0 Å². The van der Waals surface area contributed by atoms with Crippen LogP contribution in [0.1, 0.15) is 90.3 Å². The average molecular weight is 751 g/mol. The summed E-state index contributed by atoms with van der Waals surface area (Å²) in [7, 11) is 0. The topological polar surface area (TPSA) is 35.9 Å². The normalized spacial score (nSPS) is 27.4. The van der Waals surface area contributed by atoms with E-state index in [1.807, 2.05) is 24.3 Å². The molecular weight excluding hydrogens is 708 g/mol. The van der Waals surface area contributed by atoms with Gasteiger partial charge in [-0.25, -0.2) is 4.99 Å². The van der Waals surface area contributed by atoms with Crippen LogP contribution in [0.15, 0.2) is 64.1 Å². The number of carbonyl (C=O) groups excluding carboxylic acids is 1. The Morgan fingerprint density at radius 1 is 1.05 bits per heavy atom. The van der Waals surface area contributed by atoms with Crippen molar-refractivity contribution < 1.29 is 4.79 Å². The number of amidine groups is 1. The summed E-state index contributed by atoms with van der Waals surface area (Å²) in [6.07, 6.45) is 7.71. The third-order valence-corrected chi connectivity index (χ3v) is 12.9. The van der Waals surface area contributed by atoms with Crippen LogP contribution < -0.4 is 0 Å². The number of thioether (sulfide) groups is 1. The molecule has 4 nitrogen and oxygen atoms in total. The maximum Gasteiger partial charge on any atom is 0.263 e. The van der Waals surface area contributed by atoms with Gasteiger partial charge in [-0.2, -0.15) is 0 Å². The van der Waals surface area contributed by atoms with Gasteiger partial charge in [0.1, 0.15) is 10.4 Å². The third kappa shape index (κ3) is 6.16. The summed E-state index contributed by atoms with van der Waals surface area (Å²) < 4.78 is 0.828.